The molecule has 1 aromatic heterocycles. The number of nitrogens with zero attached hydrogens (tertiary/aromatic N) is 3. The summed E-state index contributed by atoms with van der Waals surface area (Å²) in [6.45, 7) is 4.54. The van der Waals surface area contributed by atoms with E-state index in [1.165, 1.54) is 0 Å². The third kappa shape index (κ3) is 3.71. The van der Waals surface area contributed by atoms with Gasteiger partial charge in [0.15, 0.2) is 0 Å². The van der Waals surface area contributed by atoms with Crippen molar-refractivity contribution in [2.24, 2.45) is 0 Å². The Hall–Kier alpha value is -1.66. The average Bonchev–Trinajstić information content (AvgIpc) is 2.67. The molecular weight excluding hydrogens is 334 g/mol. The van der Waals surface area contributed by atoms with Gasteiger partial charge >= 0.3 is 5.97 Å². The fourth-order valence-corrected chi connectivity index (χ4v) is 2.56. The number of rotatable bonds is 5. The van der Waals surface area contributed by atoms with Crippen LogP contribution in [0.15, 0.2) is 28.7 Å². The molecule has 0 unspecified atom stereocenters. The molecule has 1 heterocycles. The van der Waals surface area contributed by atoms with Crippen LogP contribution in [0.3, 0.4) is 0 Å². The quantitative estimate of drug-likeness (QED) is 0.899. The van der Waals surface area contributed by atoms with Crippen molar-refractivity contribution in [3.8, 4) is 5.69 Å². The number of carboxylic acids is 1. The van der Waals surface area contributed by atoms with E-state index in [-0.39, 0.29) is 6.54 Å². The third-order valence-corrected chi connectivity index (χ3v) is 3.87. The number of halogens is 1. The first-order valence-corrected chi connectivity index (χ1v) is 7.39. The largest absolute Gasteiger partial charge is 0.480 e. The van der Waals surface area contributed by atoms with Crippen molar-refractivity contribution in [1.82, 2.24) is 14.7 Å². The molecule has 0 spiro atoms. The average molecular weight is 352 g/mol. The summed E-state index contributed by atoms with van der Waals surface area (Å²) in [6, 6.07) is 7.94. The number of aliphatic carboxylic acids is 1. The predicted octanol–water partition coefficient (Wildman–Crippen LogP) is 2.77. The molecule has 0 aliphatic rings. The normalized spacial score (nSPS) is 11.1. The summed E-state index contributed by atoms with van der Waals surface area (Å²) in [5.41, 5.74) is 4.02. The van der Waals surface area contributed by atoms with E-state index in [2.05, 4.69) is 21.0 Å². The van der Waals surface area contributed by atoms with E-state index in [0.29, 0.717) is 6.54 Å². The van der Waals surface area contributed by atoms with Gasteiger partial charge in [-0.3, -0.25) is 9.69 Å². The van der Waals surface area contributed by atoms with Gasteiger partial charge in [0.25, 0.3) is 0 Å². The Morgan fingerprint density at radius 1 is 1.33 bits per heavy atom. The number of carbonyl (C=O) groups is 1. The highest BCUT2D eigenvalue weighted by Gasteiger charge is 2.15. The van der Waals surface area contributed by atoms with Crippen LogP contribution in [0.2, 0.25) is 0 Å². The number of aryl methyl sites for hydroxylation is 1. The minimum absolute atomic E-state index is 0.0162. The lowest BCUT2D eigenvalue weighted by Crippen LogP contribution is -2.25. The first-order valence-electron chi connectivity index (χ1n) is 6.60. The summed E-state index contributed by atoms with van der Waals surface area (Å²) in [5, 5.41) is 13.4. The summed E-state index contributed by atoms with van der Waals surface area (Å²) in [5.74, 6) is -0.826. The van der Waals surface area contributed by atoms with E-state index in [4.69, 9.17) is 5.11 Å². The third-order valence-electron chi connectivity index (χ3n) is 3.35. The monoisotopic (exact) mass is 351 g/mol. The zero-order valence-corrected chi connectivity index (χ0v) is 13.9. The molecule has 5 nitrogen and oxygen atoms in total. The van der Waals surface area contributed by atoms with Crippen LogP contribution >= 0.6 is 15.9 Å². The number of hydrogen-bond acceptors (Lipinski definition) is 3. The van der Waals surface area contributed by atoms with Crippen LogP contribution < -0.4 is 0 Å². The Morgan fingerprint density at radius 3 is 2.52 bits per heavy atom. The van der Waals surface area contributed by atoms with E-state index in [1.54, 1.807) is 11.9 Å². The first-order chi connectivity index (χ1) is 9.88. The minimum atomic E-state index is -0.826. The van der Waals surface area contributed by atoms with Crippen molar-refractivity contribution in [3.63, 3.8) is 0 Å². The van der Waals surface area contributed by atoms with Crippen molar-refractivity contribution in [1.29, 1.82) is 0 Å². The molecule has 2 rings (SSSR count). The molecule has 0 fully saturated rings. The second-order valence-corrected chi connectivity index (χ2v) is 6.02. The molecule has 0 radical (unpaired) electrons. The fourth-order valence-electron chi connectivity index (χ4n) is 2.29. The number of aromatic nitrogens is 2. The van der Waals surface area contributed by atoms with Gasteiger partial charge in [-0.15, -0.1) is 0 Å². The van der Waals surface area contributed by atoms with Crippen LogP contribution in [-0.4, -0.2) is 39.3 Å². The predicted molar refractivity (Wildman–Crippen MR) is 84.7 cm³/mol. The Labute approximate surface area is 132 Å². The molecule has 0 atom stereocenters. The van der Waals surface area contributed by atoms with Crippen LogP contribution in [0.1, 0.15) is 17.0 Å². The minimum Gasteiger partial charge on any atom is -0.480 e. The van der Waals surface area contributed by atoms with Crippen molar-refractivity contribution in [2.75, 3.05) is 13.6 Å². The molecule has 0 saturated carbocycles. The fraction of sp³-hybridized carbons (Fsp3) is 0.333. The van der Waals surface area contributed by atoms with Gasteiger partial charge in [0.05, 0.1) is 17.9 Å². The number of carboxylic acid groups (broad SMARTS) is 1. The highest BCUT2D eigenvalue weighted by molar-refractivity contribution is 9.10. The van der Waals surface area contributed by atoms with Crippen molar-refractivity contribution in [3.05, 3.63) is 45.7 Å². The second-order valence-electron chi connectivity index (χ2n) is 5.10. The van der Waals surface area contributed by atoms with E-state index >= 15 is 0 Å². The zero-order valence-electron chi connectivity index (χ0n) is 12.3. The highest BCUT2D eigenvalue weighted by atomic mass is 79.9. The van der Waals surface area contributed by atoms with Crippen LogP contribution in [0, 0.1) is 13.8 Å². The maximum absolute atomic E-state index is 10.8. The molecule has 0 aliphatic carbocycles. The van der Waals surface area contributed by atoms with Gasteiger partial charge in [0.2, 0.25) is 0 Å². The smallest absolute Gasteiger partial charge is 0.317 e. The second kappa shape index (κ2) is 6.41. The summed E-state index contributed by atoms with van der Waals surface area (Å²) in [7, 11) is 1.80. The molecule has 0 amide bonds. The van der Waals surface area contributed by atoms with Gasteiger partial charge < -0.3 is 5.11 Å². The molecule has 112 valence electrons. The van der Waals surface area contributed by atoms with Gasteiger partial charge in [-0.05, 0) is 45.2 Å². The van der Waals surface area contributed by atoms with Crippen molar-refractivity contribution >= 4 is 21.9 Å². The van der Waals surface area contributed by atoms with Crippen molar-refractivity contribution in [2.45, 2.75) is 20.4 Å². The standard InChI is InChI=1S/C15H18BrN3O2/c1-10-14(8-18(3)9-15(20)21)11(2)19(17-10)13-6-4-12(16)5-7-13/h4-7H,8-9H2,1-3H3,(H,20,21). The highest BCUT2D eigenvalue weighted by Crippen LogP contribution is 2.20. The Bertz CT molecular complexity index is 650. The molecule has 1 aromatic carbocycles. The van der Waals surface area contributed by atoms with Crippen LogP contribution in [-0.2, 0) is 11.3 Å². The number of likely N-dealkylation sites (N-methyl/N-ethyl adjacent to an activating group) is 1. The summed E-state index contributed by atoms with van der Waals surface area (Å²) >= 11 is 3.42. The van der Waals surface area contributed by atoms with Crippen LogP contribution in [0.25, 0.3) is 5.69 Å². The molecule has 2 aromatic rings. The maximum Gasteiger partial charge on any atom is 0.317 e. The topological polar surface area (TPSA) is 58.4 Å². The Balaban J connectivity index is 2.29. The summed E-state index contributed by atoms with van der Waals surface area (Å²) in [6.07, 6.45) is 0. The molecule has 0 saturated heterocycles. The van der Waals surface area contributed by atoms with E-state index in [9.17, 15) is 4.79 Å². The van der Waals surface area contributed by atoms with Gasteiger partial charge in [-0.25, -0.2) is 4.68 Å². The van der Waals surface area contributed by atoms with Gasteiger partial charge in [0, 0.05) is 22.3 Å². The Kier molecular flexibility index (Phi) is 4.80. The molecular formula is C15H18BrN3O2. The Morgan fingerprint density at radius 2 is 1.95 bits per heavy atom. The van der Waals surface area contributed by atoms with E-state index < -0.39 is 5.97 Å². The number of hydrogen-bond donors (Lipinski definition) is 1. The summed E-state index contributed by atoms with van der Waals surface area (Å²) < 4.78 is 2.92. The molecule has 0 bridgehead atoms. The van der Waals surface area contributed by atoms with Gasteiger partial charge in [0.1, 0.15) is 0 Å². The zero-order chi connectivity index (χ0) is 15.6. The van der Waals surface area contributed by atoms with Crippen LogP contribution in [0.4, 0.5) is 0 Å². The summed E-state index contributed by atoms with van der Waals surface area (Å²) in [4.78, 5) is 12.5. The molecule has 1 N–H and O–H groups in total. The van der Waals surface area contributed by atoms with Gasteiger partial charge in [-0.2, -0.15) is 5.10 Å². The van der Waals surface area contributed by atoms with Gasteiger partial charge in [-0.1, -0.05) is 15.9 Å². The molecule has 21 heavy (non-hydrogen) atoms. The SMILES string of the molecule is Cc1nn(-c2ccc(Br)cc2)c(C)c1CN(C)CC(=O)O. The van der Waals surface area contributed by atoms with Crippen LogP contribution in [0.5, 0.6) is 0 Å². The van der Waals surface area contributed by atoms with E-state index in [0.717, 1.165) is 27.1 Å². The lowest BCUT2D eigenvalue weighted by Gasteiger charge is -2.14. The van der Waals surface area contributed by atoms with E-state index in [1.807, 2.05) is 42.8 Å². The molecule has 0 aliphatic heterocycles. The maximum atomic E-state index is 10.8. The van der Waals surface area contributed by atoms with Crippen molar-refractivity contribution < 1.29 is 9.90 Å². The first kappa shape index (κ1) is 15.7. The number of benzene rings is 1. The lowest BCUT2D eigenvalue weighted by atomic mass is 10.2. The molecule has 6 heteroatoms. The lowest BCUT2D eigenvalue weighted by molar-refractivity contribution is -0.138.